The summed E-state index contributed by atoms with van der Waals surface area (Å²) >= 11 is 0. The normalized spacial score (nSPS) is 12.0. The number of H-pyrrole nitrogens is 1. The summed E-state index contributed by atoms with van der Waals surface area (Å²) in [6, 6.07) is 17.2. The zero-order chi connectivity index (χ0) is 20.2. The van der Waals surface area contributed by atoms with Gasteiger partial charge in [-0.05, 0) is 30.2 Å². The number of ether oxygens (including phenoxy) is 1. The van der Waals surface area contributed by atoms with Crippen LogP contribution in [-0.4, -0.2) is 14.7 Å². The van der Waals surface area contributed by atoms with E-state index < -0.39 is 11.4 Å². The Balaban J connectivity index is 1.52. The molecule has 4 aromatic rings. The molecule has 0 saturated carbocycles. The Morgan fingerprint density at radius 2 is 1.83 bits per heavy atom. The Kier molecular flexibility index (Phi) is 5.15. The van der Waals surface area contributed by atoms with Crippen molar-refractivity contribution in [3.05, 3.63) is 105 Å². The van der Waals surface area contributed by atoms with E-state index in [9.17, 15) is 9.59 Å². The van der Waals surface area contributed by atoms with E-state index in [4.69, 9.17) is 13.7 Å². The average molecular weight is 393 g/mol. The predicted octanol–water partition coefficient (Wildman–Crippen LogP) is 2.84. The molecule has 0 spiro atoms. The van der Waals surface area contributed by atoms with Crippen LogP contribution in [0.1, 0.15) is 28.7 Å². The minimum atomic E-state index is -0.776. The molecule has 0 amide bonds. The van der Waals surface area contributed by atoms with Crippen molar-refractivity contribution in [3.8, 4) is 5.75 Å². The molecule has 1 atom stereocenters. The Morgan fingerprint density at radius 3 is 2.45 bits per heavy atom. The standard InChI is InChI=1S/C21H19N3O5/c1-14-19(22-13-27-14)18(11-15-5-3-2-4-6-15)28-17-9-7-16(8-10-17)12-24-20(25)23-21(26)29-24/h2-10,13,18H,11-12H2,1H3,(H,23,25,26). The van der Waals surface area contributed by atoms with Gasteiger partial charge in [0.05, 0.1) is 6.54 Å². The van der Waals surface area contributed by atoms with Crippen molar-refractivity contribution in [2.45, 2.75) is 26.0 Å². The van der Waals surface area contributed by atoms with Gasteiger partial charge in [0.25, 0.3) is 0 Å². The second kappa shape index (κ2) is 8.05. The Morgan fingerprint density at radius 1 is 1.07 bits per heavy atom. The van der Waals surface area contributed by atoms with Crippen LogP contribution in [0.3, 0.4) is 0 Å². The van der Waals surface area contributed by atoms with Crippen molar-refractivity contribution in [1.82, 2.24) is 14.7 Å². The fourth-order valence-electron chi connectivity index (χ4n) is 3.07. The molecule has 8 nitrogen and oxygen atoms in total. The molecule has 0 aliphatic heterocycles. The third kappa shape index (κ3) is 4.37. The number of aryl methyl sites for hydroxylation is 1. The highest BCUT2D eigenvalue weighted by Crippen LogP contribution is 2.27. The number of benzene rings is 2. The molecular formula is C21H19N3O5. The molecule has 29 heavy (non-hydrogen) atoms. The first-order valence-electron chi connectivity index (χ1n) is 9.08. The third-order valence-corrected chi connectivity index (χ3v) is 4.51. The van der Waals surface area contributed by atoms with Gasteiger partial charge in [-0.1, -0.05) is 42.5 Å². The highest BCUT2D eigenvalue weighted by Gasteiger charge is 2.20. The van der Waals surface area contributed by atoms with E-state index >= 15 is 0 Å². The van der Waals surface area contributed by atoms with Crippen molar-refractivity contribution < 1.29 is 13.7 Å². The van der Waals surface area contributed by atoms with Crippen LogP contribution < -0.4 is 16.2 Å². The molecule has 0 radical (unpaired) electrons. The van der Waals surface area contributed by atoms with E-state index in [0.29, 0.717) is 17.9 Å². The van der Waals surface area contributed by atoms with Crippen molar-refractivity contribution in [3.63, 3.8) is 0 Å². The Hall–Kier alpha value is -3.81. The second-order valence-electron chi connectivity index (χ2n) is 6.58. The predicted molar refractivity (Wildman–Crippen MR) is 104 cm³/mol. The largest absolute Gasteiger partial charge is 0.484 e. The second-order valence-corrected chi connectivity index (χ2v) is 6.58. The van der Waals surface area contributed by atoms with Gasteiger partial charge in [-0.2, -0.15) is 0 Å². The summed E-state index contributed by atoms with van der Waals surface area (Å²) in [5, 5.41) is 0. The molecule has 4 rings (SSSR count). The van der Waals surface area contributed by atoms with Crippen molar-refractivity contribution in [2.75, 3.05) is 0 Å². The van der Waals surface area contributed by atoms with Gasteiger partial charge in [-0.25, -0.2) is 19.6 Å². The maximum absolute atomic E-state index is 11.6. The van der Waals surface area contributed by atoms with Gasteiger partial charge in [-0.3, -0.25) is 0 Å². The lowest BCUT2D eigenvalue weighted by molar-refractivity contribution is 0.199. The molecular weight excluding hydrogens is 374 g/mol. The topological polar surface area (TPSA) is 103 Å². The number of rotatable bonds is 7. The molecule has 2 aromatic heterocycles. The number of nitrogens with zero attached hydrogens (tertiary/aromatic N) is 2. The molecule has 2 heterocycles. The lowest BCUT2D eigenvalue weighted by atomic mass is 10.0. The number of nitrogens with one attached hydrogen (secondary N) is 1. The quantitative estimate of drug-likeness (QED) is 0.518. The number of hydrogen-bond acceptors (Lipinski definition) is 6. The van der Waals surface area contributed by atoms with Crippen molar-refractivity contribution in [2.24, 2.45) is 0 Å². The van der Waals surface area contributed by atoms with Crippen molar-refractivity contribution in [1.29, 1.82) is 0 Å². The third-order valence-electron chi connectivity index (χ3n) is 4.51. The minimum absolute atomic E-state index is 0.147. The fraction of sp³-hybridized carbons (Fsp3) is 0.190. The summed E-state index contributed by atoms with van der Waals surface area (Å²) in [6.07, 6.45) is 1.74. The Bertz CT molecular complexity index is 1190. The summed E-state index contributed by atoms with van der Waals surface area (Å²) in [4.78, 5) is 29.0. The van der Waals surface area contributed by atoms with Gasteiger partial charge >= 0.3 is 11.4 Å². The van der Waals surface area contributed by atoms with E-state index in [1.807, 2.05) is 49.4 Å². The summed E-state index contributed by atoms with van der Waals surface area (Å²) in [5.41, 5.74) is 2.08. The molecule has 0 aliphatic rings. The lowest BCUT2D eigenvalue weighted by Crippen LogP contribution is -2.17. The minimum Gasteiger partial charge on any atom is -0.484 e. The van der Waals surface area contributed by atoms with Crippen LogP contribution in [0, 0.1) is 6.92 Å². The molecule has 148 valence electrons. The van der Waals surface area contributed by atoms with Gasteiger partial charge in [0.1, 0.15) is 23.3 Å². The lowest BCUT2D eigenvalue weighted by Gasteiger charge is -2.18. The Labute approximate surface area is 165 Å². The summed E-state index contributed by atoms with van der Waals surface area (Å²) in [7, 11) is 0. The molecule has 8 heteroatoms. The molecule has 0 saturated heterocycles. The first-order chi connectivity index (χ1) is 14.1. The zero-order valence-electron chi connectivity index (χ0n) is 15.7. The van der Waals surface area contributed by atoms with Crippen molar-refractivity contribution >= 4 is 0 Å². The van der Waals surface area contributed by atoms with Gasteiger partial charge in [0, 0.05) is 6.42 Å². The van der Waals surface area contributed by atoms with Crippen LogP contribution in [0.25, 0.3) is 0 Å². The van der Waals surface area contributed by atoms with E-state index in [2.05, 4.69) is 9.97 Å². The van der Waals surface area contributed by atoms with Crippen LogP contribution in [0.15, 0.2) is 79.5 Å². The van der Waals surface area contributed by atoms with Gasteiger partial charge in [-0.15, -0.1) is 4.74 Å². The van der Waals surface area contributed by atoms with Crippen LogP contribution in [-0.2, 0) is 13.0 Å². The monoisotopic (exact) mass is 393 g/mol. The van der Waals surface area contributed by atoms with Crippen LogP contribution in [0.4, 0.5) is 0 Å². The zero-order valence-corrected chi connectivity index (χ0v) is 15.7. The molecule has 0 aliphatic carbocycles. The molecule has 1 unspecified atom stereocenters. The molecule has 1 N–H and O–H groups in total. The summed E-state index contributed by atoms with van der Waals surface area (Å²) in [6.45, 7) is 2.00. The van der Waals surface area contributed by atoms with E-state index in [0.717, 1.165) is 21.6 Å². The van der Waals surface area contributed by atoms with E-state index in [-0.39, 0.29) is 12.6 Å². The first-order valence-corrected chi connectivity index (χ1v) is 9.08. The first kappa shape index (κ1) is 18.5. The molecule has 0 bridgehead atoms. The van der Waals surface area contributed by atoms with Gasteiger partial charge in [0.2, 0.25) is 0 Å². The molecule has 0 fully saturated rings. The number of aromatic nitrogens is 3. The summed E-state index contributed by atoms with van der Waals surface area (Å²) in [5.74, 6) is 0.589. The smallest absolute Gasteiger partial charge is 0.440 e. The van der Waals surface area contributed by atoms with Crippen LogP contribution in [0.5, 0.6) is 5.75 Å². The maximum Gasteiger partial charge on any atom is 0.440 e. The van der Waals surface area contributed by atoms with Crippen LogP contribution in [0.2, 0.25) is 0 Å². The highest BCUT2D eigenvalue weighted by molar-refractivity contribution is 5.29. The summed E-state index contributed by atoms with van der Waals surface area (Å²) < 4.78 is 17.3. The number of aromatic amines is 1. The van der Waals surface area contributed by atoms with Gasteiger partial charge in [0.15, 0.2) is 6.39 Å². The highest BCUT2D eigenvalue weighted by atomic mass is 16.5. The number of oxazole rings is 1. The SMILES string of the molecule is Cc1ocnc1C(Cc1ccccc1)Oc1ccc(Cn2oc(=O)[nH]c2=O)cc1. The maximum atomic E-state index is 11.6. The molecule has 2 aromatic carbocycles. The van der Waals surface area contributed by atoms with E-state index in [1.54, 1.807) is 12.1 Å². The van der Waals surface area contributed by atoms with E-state index in [1.165, 1.54) is 6.39 Å². The van der Waals surface area contributed by atoms with Crippen LogP contribution >= 0.6 is 0 Å². The number of hydrogen-bond donors (Lipinski definition) is 1. The van der Waals surface area contributed by atoms with Gasteiger partial charge < -0.3 is 13.7 Å². The average Bonchev–Trinajstić information content (AvgIpc) is 3.28. The fourth-order valence-corrected chi connectivity index (χ4v) is 3.07.